The lowest BCUT2D eigenvalue weighted by molar-refractivity contribution is -0.137. The van der Waals surface area contributed by atoms with Crippen molar-refractivity contribution in [1.82, 2.24) is 40.4 Å². The molecule has 0 saturated carbocycles. The third-order valence-corrected chi connectivity index (χ3v) is 10.4. The van der Waals surface area contributed by atoms with E-state index in [1.54, 1.807) is 18.0 Å². The van der Waals surface area contributed by atoms with Gasteiger partial charge in [0.05, 0.1) is 62.4 Å². The first-order valence-corrected chi connectivity index (χ1v) is 18.2. The van der Waals surface area contributed by atoms with Gasteiger partial charge in [-0.05, 0) is 60.8 Å². The van der Waals surface area contributed by atoms with Crippen LogP contribution in [0.15, 0.2) is 60.9 Å². The molecular formula is C39H52Cl2N8O6. The Hall–Kier alpha value is -4.63. The topological polar surface area (TPSA) is 167 Å². The Kier molecular flexibility index (Phi) is 15.1. The van der Waals surface area contributed by atoms with Gasteiger partial charge in [0, 0.05) is 20.2 Å². The summed E-state index contributed by atoms with van der Waals surface area (Å²) < 4.78 is 15.0. The Labute approximate surface area is 334 Å². The summed E-state index contributed by atoms with van der Waals surface area (Å²) >= 11 is 0. The van der Waals surface area contributed by atoms with Gasteiger partial charge in [-0.1, -0.05) is 62.4 Å². The minimum atomic E-state index is -0.884. The number of hydrogen-bond donors (Lipinski definition) is 4. The van der Waals surface area contributed by atoms with Crippen LogP contribution in [0.3, 0.4) is 0 Å². The standard InChI is InChI=1S/C39H50N8O6.2ClH/c1-23(2)36(45-39(50)53-6)46-19-7-9-31(46)34-40-21-29(42-34)27-15-11-25(12-16-27)26-13-17-28(18-14-26)30-22-41-35(43-30)32-10-8-20-47(32)37(48)33(24(3)51-4)44-38(49)52-5;;/h11-18,21-24,31-33,36H,7-10,19-20H2,1-6H3,(H,40,42)(H,41,43)(H,44,49)(H,45,50);2*1H/t24-,31+,32+,33+,36+;;/m1../s1. The molecule has 0 radical (unpaired) electrons. The van der Waals surface area contributed by atoms with Crippen LogP contribution in [-0.4, -0.2) is 101 Å². The average molecular weight is 800 g/mol. The van der Waals surface area contributed by atoms with Crippen molar-refractivity contribution < 1.29 is 28.6 Å². The molecule has 5 atom stereocenters. The average Bonchev–Trinajstić information content (AvgIpc) is 4.02. The number of halogens is 2. The van der Waals surface area contributed by atoms with Crippen molar-refractivity contribution in [3.63, 3.8) is 0 Å². The number of benzene rings is 2. The number of hydrogen-bond acceptors (Lipinski definition) is 9. The largest absolute Gasteiger partial charge is 0.453 e. The molecule has 6 rings (SSSR count). The summed E-state index contributed by atoms with van der Waals surface area (Å²) in [4.78, 5) is 58.1. The van der Waals surface area contributed by atoms with Crippen LogP contribution in [0.4, 0.5) is 9.59 Å². The van der Waals surface area contributed by atoms with Crippen LogP contribution in [0.25, 0.3) is 33.6 Å². The van der Waals surface area contributed by atoms with Crippen LogP contribution >= 0.6 is 24.8 Å². The molecule has 2 aromatic carbocycles. The molecule has 4 N–H and O–H groups in total. The smallest absolute Gasteiger partial charge is 0.408 e. The van der Waals surface area contributed by atoms with Gasteiger partial charge < -0.3 is 39.7 Å². The first kappa shape index (κ1) is 43.1. The lowest BCUT2D eigenvalue weighted by atomic mass is 10.0. The molecule has 298 valence electrons. The monoisotopic (exact) mass is 798 g/mol. The molecule has 0 unspecified atom stereocenters. The number of amides is 3. The second-order valence-electron chi connectivity index (χ2n) is 14.0. The highest BCUT2D eigenvalue weighted by molar-refractivity contribution is 5.87. The number of nitrogens with one attached hydrogen (secondary N) is 4. The van der Waals surface area contributed by atoms with E-state index in [0.29, 0.717) is 12.4 Å². The van der Waals surface area contributed by atoms with Gasteiger partial charge in [0.2, 0.25) is 5.91 Å². The van der Waals surface area contributed by atoms with Gasteiger partial charge in [-0.3, -0.25) is 9.69 Å². The van der Waals surface area contributed by atoms with Crippen molar-refractivity contribution in [1.29, 1.82) is 0 Å². The van der Waals surface area contributed by atoms with E-state index in [0.717, 1.165) is 71.7 Å². The van der Waals surface area contributed by atoms with E-state index >= 15 is 0 Å². The van der Waals surface area contributed by atoms with Gasteiger partial charge in [0.15, 0.2) is 0 Å². The summed E-state index contributed by atoms with van der Waals surface area (Å²) in [5.41, 5.74) is 5.97. The Bertz CT molecular complexity index is 1870. The zero-order chi connectivity index (χ0) is 37.6. The molecule has 2 aromatic heterocycles. The van der Waals surface area contributed by atoms with Crippen molar-refractivity contribution >= 4 is 42.9 Å². The number of carbonyl (C=O) groups is 3. The number of aromatic amines is 2. The Balaban J connectivity index is 0.00000336. The normalized spacial score (nSPS) is 18.5. The van der Waals surface area contributed by atoms with E-state index in [1.165, 1.54) is 21.3 Å². The maximum Gasteiger partial charge on any atom is 0.408 e. The molecule has 16 heteroatoms. The van der Waals surface area contributed by atoms with Gasteiger partial charge in [-0.25, -0.2) is 19.6 Å². The van der Waals surface area contributed by atoms with Gasteiger partial charge in [-0.2, -0.15) is 0 Å². The molecule has 4 heterocycles. The number of nitrogens with zero attached hydrogens (tertiary/aromatic N) is 4. The molecule has 2 saturated heterocycles. The molecular weight excluding hydrogens is 747 g/mol. The minimum absolute atomic E-state index is 0. The fraction of sp³-hybridized carbons (Fsp3) is 0.462. The van der Waals surface area contributed by atoms with E-state index in [4.69, 9.17) is 19.2 Å². The third kappa shape index (κ3) is 9.61. The summed E-state index contributed by atoms with van der Waals surface area (Å²) in [7, 11) is 4.15. The lowest BCUT2D eigenvalue weighted by Gasteiger charge is -2.34. The van der Waals surface area contributed by atoms with Crippen molar-refractivity contribution in [2.75, 3.05) is 34.4 Å². The fourth-order valence-electron chi connectivity index (χ4n) is 7.41. The molecule has 0 aliphatic carbocycles. The van der Waals surface area contributed by atoms with Gasteiger partial charge >= 0.3 is 12.2 Å². The molecule has 2 fully saturated rings. The number of rotatable bonds is 12. The number of likely N-dealkylation sites (tertiary alicyclic amines) is 2. The van der Waals surface area contributed by atoms with Crippen LogP contribution in [-0.2, 0) is 19.0 Å². The summed E-state index contributed by atoms with van der Waals surface area (Å²) in [6.45, 7) is 7.35. The number of H-pyrrole nitrogens is 2. The van der Waals surface area contributed by atoms with Gasteiger partial charge in [0.25, 0.3) is 0 Å². The van der Waals surface area contributed by atoms with Crippen LogP contribution in [0, 0.1) is 5.92 Å². The molecule has 0 spiro atoms. The van der Waals surface area contributed by atoms with Crippen LogP contribution in [0.2, 0.25) is 0 Å². The molecule has 55 heavy (non-hydrogen) atoms. The minimum Gasteiger partial charge on any atom is -0.453 e. The van der Waals surface area contributed by atoms with Crippen LogP contribution < -0.4 is 10.6 Å². The van der Waals surface area contributed by atoms with E-state index in [2.05, 4.69) is 92.9 Å². The SMILES string of the molecule is COC(=O)N[C@H](C(=O)N1CCC[C@H]1c1ncc(-c2ccc(-c3ccc(-c4cnc([C@@H]5CCCN5[C@H](NC(=O)OC)C(C)C)[nH]4)cc3)cc2)[nH]1)[C@@H](C)OC.Cl.Cl. The van der Waals surface area contributed by atoms with Crippen molar-refractivity contribution in [3.8, 4) is 33.6 Å². The number of aromatic nitrogens is 4. The number of imidazole rings is 2. The molecule has 2 aliphatic heterocycles. The van der Waals surface area contributed by atoms with E-state index in [-0.39, 0.29) is 54.9 Å². The summed E-state index contributed by atoms with van der Waals surface area (Å²) in [5, 5.41) is 5.63. The number of methoxy groups -OCH3 is 3. The van der Waals surface area contributed by atoms with E-state index < -0.39 is 24.3 Å². The molecule has 3 amide bonds. The second-order valence-corrected chi connectivity index (χ2v) is 14.0. The maximum absolute atomic E-state index is 13.6. The number of ether oxygens (including phenoxy) is 3. The lowest BCUT2D eigenvalue weighted by Crippen LogP contribution is -2.54. The van der Waals surface area contributed by atoms with Crippen molar-refractivity contribution in [2.24, 2.45) is 5.92 Å². The maximum atomic E-state index is 13.6. The fourth-order valence-corrected chi connectivity index (χ4v) is 7.41. The zero-order valence-corrected chi connectivity index (χ0v) is 33.7. The first-order chi connectivity index (χ1) is 25.6. The molecule has 2 aliphatic rings. The predicted octanol–water partition coefficient (Wildman–Crippen LogP) is 6.88. The van der Waals surface area contributed by atoms with Crippen molar-refractivity contribution in [3.05, 3.63) is 72.6 Å². The zero-order valence-electron chi connectivity index (χ0n) is 32.0. The van der Waals surface area contributed by atoms with E-state index in [9.17, 15) is 14.4 Å². The predicted molar refractivity (Wildman–Crippen MR) is 214 cm³/mol. The quantitative estimate of drug-likeness (QED) is 0.120. The van der Waals surface area contributed by atoms with Gasteiger partial charge in [-0.15, -0.1) is 24.8 Å². The number of carbonyl (C=O) groups excluding carboxylic acids is 3. The third-order valence-electron chi connectivity index (χ3n) is 10.4. The Morgan fingerprint density at radius 3 is 1.69 bits per heavy atom. The summed E-state index contributed by atoms with van der Waals surface area (Å²) in [6.07, 6.45) is 5.42. The molecule has 0 bridgehead atoms. The van der Waals surface area contributed by atoms with E-state index in [1.807, 2.05) is 6.20 Å². The second kappa shape index (κ2) is 19.3. The highest BCUT2D eigenvalue weighted by Gasteiger charge is 2.39. The van der Waals surface area contributed by atoms with Gasteiger partial charge in [0.1, 0.15) is 17.7 Å². The summed E-state index contributed by atoms with van der Waals surface area (Å²) in [6, 6.07) is 15.6. The number of alkyl carbamates (subject to hydrolysis) is 2. The van der Waals surface area contributed by atoms with Crippen LogP contribution in [0.5, 0.6) is 0 Å². The van der Waals surface area contributed by atoms with Crippen LogP contribution in [0.1, 0.15) is 70.2 Å². The molecule has 14 nitrogen and oxygen atoms in total. The first-order valence-electron chi connectivity index (χ1n) is 18.2. The Morgan fingerprint density at radius 2 is 1.18 bits per heavy atom. The molecule has 4 aromatic rings. The highest BCUT2D eigenvalue weighted by Crippen LogP contribution is 2.36. The highest BCUT2D eigenvalue weighted by atomic mass is 35.5. The summed E-state index contributed by atoms with van der Waals surface area (Å²) in [5.74, 6) is 1.56. The Morgan fingerprint density at radius 1 is 0.709 bits per heavy atom. The van der Waals surface area contributed by atoms with Crippen molar-refractivity contribution in [2.45, 2.75) is 76.8 Å².